The maximum Gasteiger partial charge on any atom is 0.573 e. The molecule has 0 spiro atoms. The predicted molar refractivity (Wildman–Crippen MR) is 71.9 cm³/mol. The summed E-state index contributed by atoms with van der Waals surface area (Å²) >= 11 is 5.85. The van der Waals surface area contributed by atoms with Gasteiger partial charge >= 0.3 is 6.36 Å². The second kappa shape index (κ2) is 6.22. The number of benzene rings is 2. The monoisotopic (exact) mass is 319 g/mol. The van der Waals surface area contributed by atoms with Crippen molar-refractivity contribution in [1.82, 2.24) is 0 Å². The molecule has 0 saturated heterocycles. The average Bonchev–Trinajstić information content (AvgIpc) is 2.38. The molecule has 0 radical (unpaired) electrons. The summed E-state index contributed by atoms with van der Waals surface area (Å²) in [4.78, 5) is 0. The van der Waals surface area contributed by atoms with Crippen molar-refractivity contribution in [3.63, 3.8) is 0 Å². The van der Waals surface area contributed by atoms with Gasteiger partial charge in [-0.15, -0.1) is 13.2 Å². The lowest BCUT2D eigenvalue weighted by Gasteiger charge is -2.15. The third kappa shape index (κ3) is 4.26. The third-order valence-electron chi connectivity index (χ3n) is 2.63. The molecule has 0 amide bonds. The second-order valence-corrected chi connectivity index (χ2v) is 4.50. The Morgan fingerprint density at radius 2 is 1.76 bits per heavy atom. The number of para-hydroxylation sites is 2. The number of hydrogen-bond donors (Lipinski definition) is 1. The molecule has 0 aliphatic heterocycles. The van der Waals surface area contributed by atoms with E-state index in [1.807, 2.05) is 0 Å². The first-order valence-electron chi connectivity index (χ1n) is 5.88. The molecule has 1 N–H and O–H groups in total. The molecule has 0 bridgehead atoms. The highest BCUT2D eigenvalue weighted by molar-refractivity contribution is 6.31. The van der Waals surface area contributed by atoms with Crippen molar-refractivity contribution >= 4 is 17.3 Å². The van der Waals surface area contributed by atoms with Gasteiger partial charge in [0.15, 0.2) is 5.75 Å². The Hall–Kier alpha value is -1.95. The van der Waals surface area contributed by atoms with Crippen molar-refractivity contribution in [3.8, 4) is 5.75 Å². The zero-order chi connectivity index (χ0) is 15.5. The van der Waals surface area contributed by atoms with E-state index >= 15 is 0 Å². The van der Waals surface area contributed by atoms with Gasteiger partial charge < -0.3 is 10.1 Å². The van der Waals surface area contributed by atoms with Gasteiger partial charge in [0.05, 0.1) is 5.69 Å². The lowest BCUT2D eigenvalue weighted by molar-refractivity contribution is -0.274. The molecule has 0 aromatic heterocycles. The Morgan fingerprint density at radius 3 is 2.43 bits per heavy atom. The summed E-state index contributed by atoms with van der Waals surface area (Å²) in [5, 5.41) is 2.88. The van der Waals surface area contributed by atoms with Crippen molar-refractivity contribution in [3.05, 3.63) is 58.9 Å². The molecule has 0 atom stereocenters. The number of nitrogens with one attached hydrogen (secondary N) is 1. The van der Waals surface area contributed by atoms with Gasteiger partial charge in [0.1, 0.15) is 5.82 Å². The van der Waals surface area contributed by atoms with Gasteiger partial charge in [-0.2, -0.15) is 0 Å². The molecular formula is C14H10ClF4NO. The lowest BCUT2D eigenvalue weighted by Crippen LogP contribution is -2.18. The van der Waals surface area contributed by atoms with Crippen LogP contribution in [0.15, 0.2) is 42.5 Å². The molecule has 2 nitrogen and oxygen atoms in total. The van der Waals surface area contributed by atoms with Crippen LogP contribution >= 0.6 is 11.6 Å². The Morgan fingerprint density at radius 1 is 1.05 bits per heavy atom. The van der Waals surface area contributed by atoms with Gasteiger partial charge in [-0.25, -0.2) is 4.39 Å². The van der Waals surface area contributed by atoms with Gasteiger partial charge in [-0.1, -0.05) is 29.8 Å². The molecule has 7 heteroatoms. The maximum atomic E-state index is 13.6. The second-order valence-electron chi connectivity index (χ2n) is 4.10. The van der Waals surface area contributed by atoms with Crippen LogP contribution in [-0.2, 0) is 6.54 Å². The summed E-state index contributed by atoms with van der Waals surface area (Å²) in [6, 6.07) is 9.67. The topological polar surface area (TPSA) is 21.3 Å². The van der Waals surface area contributed by atoms with Crippen LogP contribution in [0.4, 0.5) is 23.2 Å². The molecule has 0 saturated carbocycles. The summed E-state index contributed by atoms with van der Waals surface area (Å²) in [5.74, 6) is -0.929. The van der Waals surface area contributed by atoms with Crippen LogP contribution < -0.4 is 10.1 Å². The van der Waals surface area contributed by atoms with E-state index in [0.29, 0.717) is 0 Å². The molecule has 2 aromatic rings. The quantitative estimate of drug-likeness (QED) is 0.802. The fourth-order valence-corrected chi connectivity index (χ4v) is 1.94. The minimum atomic E-state index is -4.80. The molecule has 112 valence electrons. The standard InChI is InChI=1S/C14H10ClF4NO/c15-10-4-3-5-11(16)9(10)8-20-12-6-1-2-7-13(12)21-14(17,18)19/h1-7,20H,8H2. The Labute approximate surface area is 123 Å². The maximum absolute atomic E-state index is 13.6. The van der Waals surface area contributed by atoms with Crippen LogP contribution in [0.1, 0.15) is 5.56 Å². The van der Waals surface area contributed by atoms with Crippen LogP contribution in [0, 0.1) is 5.82 Å². The molecule has 0 aliphatic rings. The molecule has 0 unspecified atom stereocenters. The Bertz CT molecular complexity index is 610. The summed E-state index contributed by atoms with van der Waals surface area (Å²) in [5.41, 5.74) is 0.259. The van der Waals surface area contributed by atoms with Gasteiger partial charge in [-0.3, -0.25) is 0 Å². The summed E-state index contributed by atoms with van der Waals surface area (Å²) in [6.07, 6.45) is -4.80. The smallest absolute Gasteiger partial charge is 0.404 e. The van der Waals surface area contributed by atoms with Crippen LogP contribution in [0.2, 0.25) is 5.02 Å². The Kier molecular flexibility index (Phi) is 4.57. The van der Waals surface area contributed by atoms with E-state index in [2.05, 4.69) is 10.1 Å². The fraction of sp³-hybridized carbons (Fsp3) is 0.143. The van der Waals surface area contributed by atoms with Crippen LogP contribution in [0.5, 0.6) is 5.75 Å². The van der Waals surface area contributed by atoms with Crippen LogP contribution in [0.25, 0.3) is 0 Å². The third-order valence-corrected chi connectivity index (χ3v) is 2.98. The molecule has 0 fully saturated rings. The van der Waals surface area contributed by atoms with Crippen molar-refractivity contribution in [1.29, 1.82) is 0 Å². The number of alkyl halides is 3. The number of halogens is 5. The minimum Gasteiger partial charge on any atom is -0.404 e. The van der Waals surface area contributed by atoms with E-state index in [0.717, 1.165) is 0 Å². The van der Waals surface area contributed by atoms with Crippen LogP contribution in [0.3, 0.4) is 0 Å². The van der Waals surface area contributed by atoms with E-state index < -0.39 is 17.9 Å². The minimum absolute atomic E-state index is 0.0657. The zero-order valence-corrected chi connectivity index (χ0v) is 11.3. The number of hydrogen-bond acceptors (Lipinski definition) is 2. The highest BCUT2D eigenvalue weighted by Crippen LogP contribution is 2.30. The summed E-state index contributed by atoms with van der Waals surface area (Å²) in [6.45, 7) is -0.0657. The first-order chi connectivity index (χ1) is 9.87. The van der Waals surface area contributed by atoms with Crippen molar-refractivity contribution in [2.24, 2.45) is 0 Å². The van der Waals surface area contributed by atoms with Gasteiger partial charge in [0.25, 0.3) is 0 Å². The van der Waals surface area contributed by atoms with Gasteiger partial charge in [-0.05, 0) is 24.3 Å². The fourth-order valence-electron chi connectivity index (χ4n) is 1.71. The van der Waals surface area contributed by atoms with Crippen molar-refractivity contribution in [2.75, 3.05) is 5.32 Å². The molecule has 0 heterocycles. The van der Waals surface area contributed by atoms with E-state index in [4.69, 9.17) is 11.6 Å². The van der Waals surface area contributed by atoms with E-state index in [9.17, 15) is 17.6 Å². The van der Waals surface area contributed by atoms with Crippen molar-refractivity contribution < 1.29 is 22.3 Å². The molecular weight excluding hydrogens is 310 g/mol. The van der Waals surface area contributed by atoms with Crippen molar-refractivity contribution in [2.45, 2.75) is 12.9 Å². The summed E-state index contributed by atoms with van der Waals surface area (Å²) < 4.78 is 54.3. The van der Waals surface area contributed by atoms with E-state index in [1.165, 1.54) is 42.5 Å². The average molecular weight is 320 g/mol. The highest BCUT2D eigenvalue weighted by atomic mass is 35.5. The number of rotatable bonds is 4. The molecule has 2 aromatic carbocycles. The first kappa shape index (κ1) is 15.4. The number of ether oxygens (including phenoxy) is 1. The zero-order valence-electron chi connectivity index (χ0n) is 10.5. The van der Waals surface area contributed by atoms with Crippen LogP contribution in [-0.4, -0.2) is 6.36 Å². The van der Waals surface area contributed by atoms with Gasteiger partial charge in [0.2, 0.25) is 0 Å². The SMILES string of the molecule is Fc1cccc(Cl)c1CNc1ccccc1OC(F)(F)F. The van der Waals surface area contributed by atoms with E-state index in [-0.39, 0.29) is 22.8 Å². The molecule has 2 rings (SSSR count). The normalized spacial score (nSPS) is 11.3. The van der Waals surface area contributed by atoms with E-state index in [1.54, 1.807) is 0 Å². The lowest BCUT2D eigenvalue weighted by atomic mass is 10.2. The highest BCUT2D eigenvalue weighted by Gasteiger charge is 2.32. The first-order valence-corrected chi connectivity index (χ1v) is 6.26. The predicted octanol–water partition coefficient (Wildman–Crippen LogP) is 4.99. The Balaban J connectivity index is 2.17. The van der Waals surface area contributed by atoms with Gasteiger partial charge in [0, 0.05) is 17.1 Å². The largest absolute Gasteiger partial charge is 0.573 e. The number of anilines is 1. The molecule has 21 heavy (non-hydrogen) atoms. The molecule has 0 aliphatic carbocycles. The summed E-state index contributed by atoms with van der Waals surface area (Å²) in [7, 11) is 0.